The summed E-state index contributed by atoms with van der Waals surface area (Å²) in [6.45, 7) is 0. The molecule has 0 spiro atoms. The van der Waals surface area contributed by atoms with Crippen molar-refractivity contribution in [3.05, 3.63) is 57.1 Å². The summed E-state index contributed by atoms with van der Waals surface area (Å²) >= 11 is 5.73. The third-order valence-electron chi connectivity index (χ3n) is 2.70. The van der Waals surface area contributed by atoms with Gasteiger partial charge in [-0.3, -0.25) is 15.1 Å². The van der Waals surface area contributed by atoms with Gasteiger partial charge in [-0.15, -0.1) is 13.2 Å². The molecule has 0 aliphatic rings. The molecule has 0 radical (unpaired) electrons. The molecule has 0 fully saturated rings. The maximum atomic E-state index is 12.0. The van der Waals surface area contributed by atoms with E-state index in [-0.39, 0.29) is 16.3 Å². The Hall–Kier alpha value is -2.81. The van der Waals surface area contributed by atoms with E-state index in [0.717, 1.165) is 24.4 Å². The zero-order valence-corrected chi connectivity index (χ0v) is 12.4. The second kappa shape index (κ2) is 6.75. The molecule has 2 aromatic rings. The molecule has 126 valence electrons. The molecule has 0 bridgehead atoms. The average Bonchev–Trinajstić information content (AvgIpc) is 2.47. The number of hydrogen-bond donors (Lipinski definition) is 1. The van der Waals surface area contributed by atoms with Gasteiger partial charge in [0.15, 0.2) is 0 Å². The molecule has 0 unspecified atom stereocenters. The number of nitrogens with zero attached hydrogens (tertiary/aromatic N) is 2. The zero-order chi connectivity index (χ0) is 17.9. The SMILES string of the molecule is O=[N+]([O-])c1cc(Cl)cc(C=Nc2ccc(OC(F)(F)F)cc2)c1O. The van der Waals surface area contributed by atoms with Gasteiger partial charge in [-0.25, -0.2) is 0 Å². The Labute approximate surface area is 137 Å². The second-order valence-corrected chi connectivity index (χ2v) is 4.86. The van der Waals surface area contributed by atoms with Crippen molar-refractivity contribution in [1.29, 1.82) is 0 Å². The Morgan fingerprint density at radius 1 is 1.25 bits per heavy atom. The number of ether oxygens (including phenoxy) is 1. The Kier molecular flexibility index (Phi) is 4.93. The number of halogens is 4. The van der Waals surface area contributed by atoms with E-state index in [4.69, 9.17) is 11.6 Å². The molecule has 0 saturated heterocycles. The lowest BCUT2D eigenvalue weighted by molar-refractivity contribution is -0.385. The number of phenols is 1. The average molecular weight is 361 g/mol. The third-order valence-corrected chi connectivity index (χ3v) is 2.92. The minimum Gasteiger partial charge on any atom is -0.502 e. The van der Waals surface area contributed by atoms with Crippen LogP contribution in [0, 0.1) is 10.1 Å². The van der Waals surface area contributed by atoms with Crippen molar-refractivity contribution in [3.63, 3.8) is 0 Å². The fraction of sp³-hybridized carbons (Fsp3) is 0.0714. The van der Waals surface area contributed by atoms with Crippen molar-refractivity contribution < 1.29 is 27.9 Å². The highest BCUT2D eigenvalue weighted by Crippen LogP contribution is 2.32. The number of benzene rings is 2. The van der Waals surface area contributed by atoms with Crippen LogP contribution < -0.4 is 4.74 Å². The predicted octanol–water partition coefficient (Wildman–Crippen LogP) is 4.60. The number of phenolic OH excluding ortho intramolecular Hbond substituents is 1. The minimum absolute atomic E-state index is 0.00943. The Morgan fingerprint density at radius 2 is 1.88 bits per heavy atom. The monoisotopic (exact) mass is 360 g/mol. The molecule has 0 amide bonds. The largest absolute Gasteiger partial charge is 0.573 e. The quantitative estimate of drug-likeness (QED) is 0.490. The lowest BCUT2D eigenvalue weighted by Crippen LogP contribution is -2.16. The number of nitro benzene ring substituents is 1. The molecule has 10 heteroatoms. The van der Waals surface area contributed by atoms with Crippen molar-refractivity contribution in [2.45, 2.75) is 6.36 Å². The lowest BCUT2D eigenvalue weighted by Gasteiger charge is -2.08. The van der Waals surface area contributed by atoms with E-state index in [9.17, 15) is 28.4 Å². The summed E-state index contributed by atoms with van der Waals surface area (Å²) < 4.78 is 39.9. The standard InChI is InChI=1S/C14H8ClF3N2O4/c15-9-5-8(13(21)12(6-9)20(22)23)7-19-10-1-3-11(4-2-10)24-14(16,17)18/h1-7,21H. The van der Waals surface area contributed by atoms with Gasteiger partial charge in [0.2, 0.25) is 5.75 Å². The first-order chi connectivity index (χ1) is 11.2. The van der Waals surface area contributed by atoms with Crippen LogP contribution >= 0.6 is 11.6 Å². The molecule has 24 heavy (non-hydrogen) atoms. The van der Waals surface area contributed by atoms with E-state index in [1.54, 1.807) is 0 Å². The summed E-state index contributed by atoms with van der Waals surface area (Å²) in [5, 5.41) is 20.6. The maximum absolute atomic E-state index is 12.0. The van der Waals surface area contributed by atoms with Gasteiger partial charge in [0.05, 0.1) is 10.6 Å². The molecule has 2 rings (SSSR count). The molecule has 0 atom stereocenters. The molecular weight excluding hydrogens is 353 g/mol. The number of aliphatic imine (C=N–C) groups is 1. The lowest BCUT2D eigenvalue weighted by atomic mass is 10.2. The van der Waals surface area contributed by atoms with Crippen LogP contribution in [0.2, 0.25) is 5.02 Å². The number of alkyl halides is 3. The third kappa shape index (κ3) is 4.59. The molecule has 0 aliphatic heterocycles. The van der Waals surface area contributed by atoms with Crippen molar-refractivity contribution in [2.75, 3.05) is 0 Å². The maximum Gasteiger partial charge on any atom is 0.573 e. The highest BCUT2D eigenvalue weighted by molar-refractivity contribution is 6.31. The summed E-state index contributed by atoms with van der Waals surface area (Å²) in [5.41, 5.74) is -0.353. The van der Waals surface area contributed by atoms with Gasteiger partial charge in [0, 0.05) is 22.9 Å². The van der Waals surface area contributed by atoms with Crippen LogP contribution in [0.15, 0.2) is 41.4 Å². The normalized spacial score (nSPS) is 11.7. The van der Waals surface area contributed by atoms with Crippen molar-refractivity contribution in [2.24, 2.45) is 4.99 Å². The van der Waals surface area contributed by atoms with Gasteiger partial charge in [-0.05, 0) is 30.3 Å². The van der Waals surface area contributed by atoms with Gasteiger partial charge in [-0.1, -0.05) is 11.6 Å². The van der Waals surface area contributed by atoms with Crippen molar-refractivity contribution in [3.8, 4) is 11.5 Å². The van der Waals surface area contributed by atoms with E-state index in [0.29, 0.717) is 0 Å². The van der Waals surface area contributed by atoms with E-state index < -0.39 is 28.5 Å². The second-order valence-electron chi connectivity index (χ2n) is 4.42. The van der Waals surface area contributed by atoms with Crippen LogP contribution in [-0.4, -0.2) is 22.6 Å². The van der Waals surface area contributed by atoms with Gasteiger partial charge >= 0.3 is 12.0 Å². The summed E-state index contributed by atoms with van der Waals surface area (Å²) in [6.07, 6.45) is -3.69. The van der Waals surface area contributed by atoms with Crippen LogP contribution in [-0.2, 0) is 0 Å². The smallest absolute Gasteiger partial charge is 0.502 e. The zero-order valence-electron chi connectivity index (χ0n) is 11.6. The van der Waals surface area contributed by atoms with Gasteiger partial charge in [0.25, 0.3) is 0 Å². The Balaban J connectivity index is 2.24. The van der Waals surface area contributed by atoms with E-state index >= 15 is 0 Å². The van der Waals surface area contributed by atoms with Crippen LogP contribution in [0.1, 0.15) is 5.56 Å². The van der Waals surface area contributed by atoms with E-state index in [1.165, 1.54) is 18.2 Å². The first-order valence-corrected chi connectivity index (χ1v) is 6.60. The van der Waals surface area contributed by atoms with Crippen molar-refractivity contribution >= 4 is 29.2 Å². The molecular formula is C14H8ClF3N2O4. The minimum atomic E-state index is -4.80. The van der Waals surface area contributed by atoms with Crippen LogP contribution in [0.25, 0.3) is 0 Å². The van der Waals surface area contributed by atoms with Gasteiger partial charge in [0.1, 0.15) is 5.75 Å². The fourth-order valence-electron chi connectivity index (χ4n) is 1.72. The highest BCUT2D eigenvalue weighted by atomic mass is 35.5. The van der Waals surface area contributed by atoms with Gasteiger partial charge in [-0.2, -0.15) is 0 Å². The van der Waals surface area contributed by atoms with Crippen LogP contribution in [0.3, 0.4) is 0 Å². The van der Waals surface area contributed by atoms with Crippen LogP contribution in [0.4, 0.5) is 24.5 Å². The first kappa shape index (κ1) is 17.5. The topological polar surface area (TPSA) is 85.0 Å². The molecule has 0 heterocycles. The number of hydrogen-bond acceptors (Lipinski definition) is 5. The molecule has 0 aliphatic carbocycles. The summed E-state index contributed by atoms with van der Waals surface area (Å²) in [4.78, 5) is 13.9. The summed E-state index contributed by atoms with van der Waals surface area (Å²) in [5.74, 6) is -1.03. The van der Waals surface area contributed by atoms with E-state index in [1.807, 2.05) is 0 Å². The molecule has 6 nitrogen and oxygen atoms in total. The molecule has 2 aromatic carbocycles. The van der Waals surface area contributed by atoms with Crippen LogP contribution in [0.5, 0.6) is 11.5 Å². The first-order valence-electron chi connectivity index (χ1n) is 6.22. The number of nitro groups is 1. The number of aromatic hydroxyl groups is 1. The van der Waals surface area contributed by atoms with Gasteiger partial charge < -0.3 is 9.84 Å². The fourth-order valence-corrected chi connectivity index (χ4v) is 1.94. The Morgan fingerprint density at radius 3 is 2.42 bits per heavy atom. The molecule has 0 aromatic heterocycles. The number of rotatable bonds is 4. The van der Waals surface area contributed by atoms with E-state index in [2.05, 4.69) is 9.73 Å². The highest BCUT2D eigenvalue weighted by Gasteiger charge is 2.30. The summed E-state index contributed by atoms with van der Waals surface area (Å²) in [6, 6.07) is 6.84. The van der Waals surface area contributed by atoms with Crippen molar-refractivity contribution in [1.82, 2.24) is 0 Å². The molecule has 1 N–H and O–H groups in total. The molecule has 0 saturated carbocycles. The predicted molar refractivity (Wildman–Crippen MR) is 80.2 cm³/mol. The Bertz CT molecular complexity index is 792. The summed E-state index contributed by atoms with van der Waals surface area (Å²) in [7, 11) is 0.